The maximum Gasteiger partial charge on any atom is 0.301 e. The van der Waals surface area contributed by atoms with Gasteiger partial charge >= 0.3 is 5.91 Å². The van der Waals surface area contributed by atoms with Gasteiger partial charge in [-0.25, -0.2) is 0 Å². The van der Waals surface area contributed by atoms with Crippen molar-refractivity contribution in [2.45, 2.75) is 33.1 Å². The lowest BCUT2D eigenvalue weighted by molar-refractivity contribution is -0.111. The molecule has 1 aromatic rings. The van der Waals surface area contributed by atoms with Crippen LogP contribution in [0.2, 0.25) is 0 Å². The highest BCUT2D eigenvalue weighted by Gasteiger charge is 2.16. The smallest absolute Gasteiger partial charge is 0.301 e. The molecule has 0 aliphatic rings. The van der Waals surface area contributed by atoms with E-state index in [0.29, 0.717) is 5.69 Å². The molecule has 0 saturated heterocycles. The van der Waals surface area contributed by atoms with Crippen LogP contribution in [0, 0.1) is 71.0 Å². The molecule has 0 saturated carbocycles. The largest absolute Gasteiger partial charge is 0.506 e. The lowest BCUT2D eigenvalue weighted by Gasteiger charge is -2.20. The third-order valence-electron chi connectivity index (χ3n) is 2.97. The third kappa shape index (κ3) is 8.49. The number of rotatable bonds is 1. The van der Waals surface area contributed by atoms with Crippen LogP contribution in [0.3, 0.4) is 0 Å². The van der Waals surface area contributed by atoms with Gasteiger partial charge in [-0.1, -0.05) is 32.8 Å². The summed E-state index contributed by atoms with van der Waals surface area (Å²) in [5.74, 6) is 29.1. The molecule has 1 aromatic carbocycles. The highest BCUT2D eigenvalue weighted by atomic mass is 16.3. The van der Waals surface area contributed by atoms with Gasteiger partial charge in [0.05, 0.1) is 5.69 Å². The van der Waals surface area contributed by atoms with Gasteiger partial charge in [0.2, 0.25) is 0 Å². The van der Waals surface area contributed by atoms with E-state index in [0.717, 1.165) is 5.56 Å². The Morgan fingerprint density at radius 3 is 1.93 bits per heavy atom. The summed E-state index contributed by atoms with van der Waals surface area (Å²) in [6, 6.07) is 5.07. The molecular weight excluding hydrogens is 334 g/mol. The number of phenols is 1. The second-order valence-electron chi connectivity index (χ2n) is 6.06. The van der Waals surface area contributed by atoms with Gasteiger partial charge in [-0.3, -0.25) is 4.79 Å². The van der Waals surface area contributed by atoms with Gasteiger partial charge in [0.1, 0.15) is 5.75 Å². The van der Waals surface area contributed by atoms with Crippen LogP contribution in [0.25, 0.3) is 0 Å². The number of hydrogen-bond acceptors (Lipinski definition) is 2. The van der Waals surface area contributed by atoms with E-state index in [-0.39, 0.29) is 11.2 Å². The Hall–Kier alpha value is -4.15. The van der Waals surface area contributed by atoms with Crippen LogP contribution in [0.4, 0.5) is 5.69 Å². The predicted molar refractivity (Wildman–Crippen MR) is 108 cm³/mol. The molecule has 27 heavy (non-hydrogen) atoms. The van der Waals surface area contributed by atoms with Crippen LogP contribution in [-0.2, 0) is 10.2 Å². The Kier molecular flexibility index (Phi) is 8.25. The summed E-state index contributed by atoms with van der Waals surface area (Å²) >= 11 is 0. The molecule has 1 amide bonds. The Balaban J connectivity index is 2.72. The Bertz CT molecular complexity index is 1100. The molecule has 0 fully saturated rings. The molecule has 3 nitrogen and oxygen atoms in total. The van der Waals surface area contributed by atoms with Gasteiger partial charge in [0.25, 0.3) is 0 Å². The SMILES string of the molecule is CC#CC#CC#CC#CC#CC#CC(=O)Nc1cc(C(C)(C)C)ccc1O. The van der Waals surface area contributed by atoms with Crippen molar-refractivity contribution in [2.75, 3.05) is 5.32 Å². The van der Waals surface area contributed by atoms with E-state index in [2.05, 4.69) is 76.4 Å². The number of carbonyl (C=O) groups excluding carboxylic acids is 1. The van der Waals surface area contributed by atoms with Gasteiger partial charge in [-0.2, -0.15) is 0 Å². The van der Waals surface area contributed by atoms with E-state index >= 15 is 0 Å². The van der Waals surface area contributed by atoms with Crippen LogP contribution < -0.4 is 5.32 Å². The quantitative estimate of drug-likeness (QED) is 0.604. The molecule has 0 aliphatic heterocycles. The molecule has 0 spiro atoms. The molecule has 130 valence electrons. The first-order chi connectivity index (χ1) is 12.8. The molecule has 2 N–H and O–H groups in total. The fraction of sp³-hybridized carbons (Fsp3) is 0.208. The summed E-state index contributed by atoms with van der Waals surface area (Å²) < 4.78 is 0. The van der Waals surface area contributed by atoms with Gasteiger partial charge in [-0.05, 0) is 89.2 Å². The Morgan fingerprint density at radius 1 is 0.889 bits per heavy atom. The molecule has 0 bridgehead atoms. The summed E-state index contributed by atoms with van der Waals surface area (Å²) in [4.78, 5) is 11.8. The molecule has 0 unspecified atom stereocenters. The molecule has 0 heterocycles. The van der Waals surface area contributed by atoms with Crippen molar-refractivity contribution in [3.8, 4) is 76.8 Å². The van der Waals surface area contributed by atoms with Crippen molar-refractivity contribution in [1.29, 1.82) is 0 Å². The molecular formula is C24H17NO2. The Labute approximate surface area is 161 Å². The van der Waals surface area contributed by atoms with E-state index < -0.39 is 5.91 Å². The summed E-state index contributed by atoms with van der Waals surface area (Å²) in [5, 5.41) is 12.4. The van der Waals surface area contributed by atoms with Crippen molar-refractivity contribution >= 4 is 11.6 Å². The topological polar surface area (TPSA) is 49.3 Å². The minimum Gasteiger partial charge on any atom is -0.506 e. The summed E-state index contributed by atoms with van der Waals surface area (Å²) in [6.45, 7) is 7.80. The zero-order chi connectivity index (χ0) is 20.1. The number of aromatic hydroxyl groups is 1. The maximum absolute atomic E-state index is 11.8. The summed E-state index contributed by atoms with van der Waals surface area (Å²) in [5.41, 5.74) is 1.17. The van der Waals surface area contributed by atoms with Gasteiger partial charge < -0.3 is 10.4 Å². The van der Waals surface area contributed by atoms with Gasteiger partial charge in [0.15, 0.2) is 0 Å². The molecule has 0 aliphatic carbocycles. The highest BCUT2D eigenvalue weighted by Crippen LogP contribution is 2.30. The number of carbonyl (C=O) groups is 1. The summed E-state index contributed by atoms with van der Waals surface area (Å²) in [6.07, 6.45) is 0. The van der Waals surface area contributed by atoms with Crippen LogP contribution in [0.5, 0.6) is 5.75 Å². The lowest BCUT2D eigenvalue weighted by Crippen LogP contribution is -2.13. The standard InChI is InChI=1S/C24H17NO2/c1-5-6-7-8-9-10-11-12-13-14-15-16-23(27)25-21-19-20(24(2,3)4)17-18-22(21)26/h17-19,26H,1-4H3,(H,25,27). The monoisotopic (exact) mass is 351 g/mol. The number of anilines is 1. The first-order valence-corrected chi connectivity index (χ1v) is 7.92. The number of hydrogen-bond donors (Lipinski definition) is 2. The normalized spacial score (nSPS) is 8.00. The van der Waals surface area contributed by atoms with Crippen molar-refractivity contribution in [3.05, 3.63) is 23.8 Å². The lowest BCUT2D eigenvalue weighted by atomic mass is 9.87. The van der Waals surface area contributed by atoms with Crippen molar-refractivity contribution in [1.82, 2.24) is 0 Å². The van der Waals surface area contributed by atoms with Crippen molar-refractivity contribution in [2.24, 2.45) is 0 Å². The van der Waals surface area contributed by atoms with E-state index in [9.17, 15) is 9.90 Å². The zero-order valence-electron chi connectivity index (χ0n) is 15.6. The van der Waals surface area contributed by atoms with Crippen molar-refractivity contribution in [3.63, 3.8) is 0 Å². The van der Waals surface area contributed by atoms with Gasteiger partial charge in [0, 0.05) is 5.92 Å². The predicted octanol–water partition coefficient (Wildman–Crippen LogP) is 2.67. The van der Waals surface area contributed by atoms with E-state index in [4.69, 9.17) is 0 Å². The zero-order valence-corrected chi connectivity index (χ0v) is 15.6. The average molecular weight is 351 g/mol. The molecule has 1 rings (SSSR count). The minimum absolute atomic E-state index is 0.0262. The second kappa shape index (κ2) is 10.7. The molecule has 3 heteroatoms. The first-order valence-electron chi connectivity index (χ1n) is 7.92. The minimum atomic E-state index is -0.578. The van der Waals surface area contributed by atoms with E-state index in [1.54, 1.807) is 19.1 Å². The molecule has 0 radical (unpaired) electrons. The fourth-order valence-corrected chi connectivity index (χ4v) is 1.66. The fourth-order valence-electron chi connectivity index (χ4n) is 1.66. The summed E-state index contributed by atoms with van der Waals surface area (Å²) in [7, 11) is 0. The number of amides is 1. The van der Waals surface area contributed by atoms with Crippen LogP contribution in [-0.4, -0.2) is 11.0 Å². The maximum atomic E-state index is 11.8. The molecule has 0 aromatic heterocycles. The van der Waals surface area contributed by atoms with Crippen LogP contribution in [0.15, 0.2) is 18.2 Å². The number of benzene rings is 1. The van der Waals surface area contributed by atoms with Crippen LogP contribution >= 0.6 is 0 Å². The van der Waals surface area contributed by atoms with Gasteiger partial charge in [-0.15, -0.1) is 0 Å². The third-order valence-corrected chi connectivity index (χ3v) is 2.97. The second-order valence-corrected chi connectivity index (χ2v) is 6.06. The van der Waals surface area contributed by atoms with Crippen molar-refractivity contribution < 1.29 is 9.90 Å². The highest BCUT2D eigenvalue weighted by molar-refractivity contribution is 6.05. The molecule has 0 atom stereocenters. The number of phenolic OH excluding ortho intramolecular Hbond substituents is 1. The van der Waals surface area contributed by atoms with E-state index in [1.165, 1.54) is 0 Å². The first kappa shape index (κ1) is 20.9. The Morgan fingerprint density at radius 2 is 1.41 bits per heavy atom. The average Bonchev–Trinajstić information content (AvgIpc) is 2.60. The number of nitrogens with one attached hydrogen (secondary N) is 1. The van der Waals surface area contributed by atoms with E-state index in [1.807, 2.05) is 26.8 Å². The van der Waals surface area contributed by atoms with Crippen LogP contribution in [0.1, 0.15) is 33.3 Å².